The Morgan fingerprint density at radius 1 is 0.960 bits per heavy atom. The first-order valence-corrected chi connectivity index (χ1v) is 7.66. The Balaban J connectivity index is 2.11. The van der Waals surface area contributed by atoms with Crippen LogP contribution in [-0.2, 0) is 0 Å². The van der Waals surface area contributed by atoms with Crippen LogP contribution in [0.2, 0.25) is 5.02 Å². The van der Waals surface area contributed by atoms with E-state index in [1.54, 1.807) is 18.2 Å². The standard InChI is InChI=1S/C18H15ClFNO4/c1-22-14-5-4-10(7-13(14)20)17-16(21-9-25-17)11-6-12(19)18(24-3)15(8-11)23-2/h4-9H,1-3H3. The molecule has 3 rings (SSSR count). The lowest BCUT2D eigenvalue weighted by Crippen LogP contribution is -1.93. The van der Waals surface area contributed by atoms with Crippen LogP contribution in [0.1, 0.15) is 0 Å². The predicted octanol–water partition coefficient (Wildman–Crippen LogP) is 4.83. The molecule has 0 saturated carbocycles. The average molecular weight is 364 g/mol. The number of methoxy groups -OCH3 is 3. The van der Waals surface area contributed by atoms with Crippen LogP contribution in [0.25, 0.3) is 22.6 Å². The van der Waals surface area contributed by atoms with Crippen molar-refractivity contribution in [3.8, 4) is 39.8 Å². The fourth-order valence-corrected chi connectivity index (χ4v) is 2.81. The molecule has 0 aliphatic rings. The summed E-state index contributed by atoms with van der Waals surface area (Å²) in [5, 5.41) is 0.367. The van der Waals surface area contributed by atoms with Crippen molar-refractivity contribution in [1.29, 1.82) is 0 Å². The van der Waals surface area contributed by atoms with Crippen molar-refractivity contribution in [1.82, 2.24) is 4.98 Å². The summed E-state index contributed by atoms with van der Waals surface area (Å²) in [5.74, 6) is 0.949. The van der Waals surface area contributed by atoms with Crippen LogP contribution < -0.4 is 14.2 Å². The molecule has 0 bridgehead atoms. The number of hydrogen-bond acceptors (Lipinski definition) is 5. The molecule has 0 amide bonds. The lowest BCUT2D eigenvalue weighted by molar-refractivity contribution is 0.355. The molecule has 25 heavy (non-hydrogen) atoms. The second-order valence-electron chi connectivity index (χ2n) is 5.07. The van der Waals surface area contributed by atoms with Gasteiger partial charge in [0.1, 0.15) is 5.69 Å². The van der Waals surface area contributed by atoms with Gasteiger partial charge in [0, 0.05) is 11.1 Å². The van der Waals surface area contributed by atoms with Crippen molar-refractivity contribution in [3.05, 3.63) is 47.6 Å². The van der Waals surface area contributed by atoms with Crippen LogP contribution in [0.5, 0.6) is 17.2 Å². The summed E-state index contributed by atoms with van der Waals surface area (Å²) in [6, 6.07) is 7.95. The quantitative estimate of drug-likeness (QED) is 0.650. The Morgan fingerprint density at radius 3 is 2.36 bits per heavy atom. The summed E-state index contributed by atoms with van der Waals surface area (Å²) in [7, 11) is 4.43. The zero-order valence-electron chi connectivity index (χ0n) is 13.8. The largest absolute Gasteiger partial charge is 0.494 e. The Bertz CT molecular complexity index is 910. The van der Waals surface area contributed by atoms with Crippen molar-refractivity contribution in [3.63, 3.8) is 0 Å². The van der Waals surface area contributed by atoms with Crippen LogP contribution >= 0.6 is 11.6 Å². The molecule has 1 aromatic heterocycles. The van der Waals surface area contributed by atoms with E-state index in [9.17, 15) is 4.39 Å². The molecule has 0 radical (unpaired) electrons. The summed E-state index contributed by atoms with van der Waals surface area (Å²) in [6.45, 7) is 0. The zero-order chi connectivity index (χ0) is 18.0. The Labute approximate surface area is 148 Å². The van der Waals surface area contributed by atoms with E-state index >= 15 is 0 Å². The van der Waals surface area contributed by atoms with E-state index in [0.717, 1.165) is 0 Å². The number of halogens is 2. The molecule has 3 aromatic rings. The molecule has 1 heterocycles. The lowest BCUT2D eigenvalue weighted by atomic mass is 10.0. The number of rotatable bonds is 5. The summed E-state index contributed by atoms with van der Waals surface area (Å²) in [4.78, 5) is 4.23. The molecule has 0 spiro atoms. The van der Waals surface area contributed by atoms with Gasteiger partial charge < -0.3 is 18.6 Å². The average Bonchev–Trinajstić information content (AvgIpc) is 3.10. The highest BCUT2D eigenvalue weighted by Crippen LogP contribution is 2.41. The third-order valence-electron chi connectivity index (χ3n) is 3.69. The van der Waals surface area contributed by atoms with Gasteiger partial charge >= 0.3 is 0 Å². The number of aromatic nitrogens is 1. The molecular weight excluding hydrogens is 349 g/mol. The number of nitrogens with zero attached hydrogens (tertiary/aromatic N) is 1. The number of ether oxygens (including phenoxy) is 3. The van der Waals surface area contributed by atoms with Gasteiger partial charge in [0.15, 0.2) is 35.2 Å². The Morgan fingerprint density at radius 2 is 1.72 bits per heavy atom. The van der Waals surface area contributed by atoms with Crippen LogP contribution in [-0.4, -0.2) is 26.3 Å². The van der Waals surface area contributed by atoms with Gasteiger partial charge in [-0.05, 0) is 30.3 Å². The van der Waals surface area contributed by atoms with Gasteiger partial charge in [-0.2, -0.15) is 0 Å². The topological polar surface area (TPSA) is 53.7 Å². The minimum atomic E-state index is -0.493. The molecule has 0 aliphatic carbocycles. The van der Waals surface area contributed by atoms with Crippen LogP contribution in [0, 0.1) is 5.82 Å². The fraction of sp³-hybridized carbons (Fsp3) is 0.167. The van der Waals surface area contributed by atoms with Gasteiger partial charge in [-0.1, -0.05) is 11.6 Å². The van der Waals surface area contributed by atoms with E-state index in [0.29, 0.717) is 39.1 Å². The summed E-state index contributed by atoms with van der Waals surface area (Å²) in [5.41, 5.74) is 1.69. The monoisotopic (exact) mass is 363 g/mol. The molecule has 0 aliphatic heterocycles. The maximum absolute atomic E-state index is 14.0. The first kappa shape index (κ1) is 17.1. The smallest absolute Gasteiger partial charge is 0.182 e. The van der Waals surface area contributed by atoms with Crippen LogP contribution in [0.3, 0.4) is 0 Å². The minimum absolute atomic E-state index is 0.152. The second kappa shape index (κ2) is 7.03. The third kappa shape index (κ3) is 3.13. The fourth-order valence-electron chi connectivity index (χ4n) is 2.52. The van der Waals surface area contributed by atoms with Crippen LogP contribution in [0.15, 0.2) is 41.1 Å². The highest BCUT2D eigenvalue weighted by atomic mass is 35.5. The highest BCUT2D eigenvalue weighted by Gasteiger charge is 2.19. The predicted molar refractivity (Wildman–Crippen MR) is 92.0 cm³/mol. The van der Waals surface area contributed by atoms with Crippen molar-refractivity contribution in [2.24, 2.45) is 0 Å². The lowest BCUT2D eigenvalue weighted by Gasteiger charge is -2.11. The molecule has 5 nitrogen and oxygen atoms in total. The van der Waals surface area contributed by atoms with E-state index < -0.39 is 5.82 Å². The normalized spacial score (nSPS) is 10.6. The van der Waals surface area contributed by atoms with E-state index in [2.05, 4.69) is 4.98 Å². The molecule has 2 aromatic carbocycles. The molecule has 7 heteroatoms. The van der Waals surface area contributed by atoms with Crippen LogP contribution in [0.4, 0.5) is 4.39 Å². The van der Waals surface area contributed by atoms with Gasteiger partial charge in [0.25, 0.3) is 0 Å². The van der Waals surface area contributed by atoms with Gasteiger partial charge in [0.05, 0.1) is 26.4 Å². The molecule has 130 valence electrons. The summed E-state index contributed by atoms with van der Waals surface area (Å²) < 4.78 is 35.0. The third-order valence-corrected chi connectivity index (χ3v) is 3.97. The van der Waals surface area contributed by atoms with Gasteiger partial charge in [-0.3, -0.25) is 0 Å². The highest BCUT2D eigenvalue weighted by molar-refractivity contribution is 6.32. The molecule has 0 unspecified atom stereocenters. The van der Waals surface area contributed by atoms with Gasteiger partial charge in [-0.15, -0.1) is 0 Å². The summed E-state index contributed by atoms with van der Waals surface area (Å²) in [6.07, 6.45) is 1.29. The number of benzene rings is 2. The van der Waals surface area contributed by atoms with E-state index in [-0.39, 0.29) is 5.75 Å². The maximum Gasteiger partial charge on any atom is 0.182 e. The SMILES string of the molecule is COc1ccc(-c2ocnc2-c2cc(Cl)c(OC)c(OC)c2)cc1F. The first-order valence-electron chi connectivity index (χ1n) is 7.28. The molecule has 0 N–H and O–H groups in total. The maximum atomic E-state index is 14.0. The first-order chi connectivity index (χ1) is 12.1. The second-order valence-corrected chi connectivity index (χ2v) is 5.48. The Kier molecular flexibility index (Phi) is 4.81. The molecule has 0 fully saturated rings. The minimum Gasteiger partial charge on any atom is -0.494 e. The summed E-state index contributed by atoms with van der Waals surface area (Å²) >= 11 is 6.25. The van der Waals surface area contributed by atoms with Crippen molar-refractivity contribution in [2.45, 2.75) is 0 Å². The van der Waals surface area contributed by atoms with Gasteiger partial charge in [-0.25, -0.2) is 9.37 Å². The van der Waals surface area contributed by atoms with E-state index in [1.165, 1.54) is 39.9 Å². The molecular formula is C18H15ClFNO4. The Hall–Kier alpha value is -2.73. The zero-order valence-corrected chi connectivity index (χ0v) is 14.6. The van der Waals surface area contributed by atoms with E-state index in [4.69, 9.17) is 30.2 Å². The van der Waals surface area contributed by atoms with Gasteiger partial charge in [0.2, 0.25) is 0 Å². The van der Waals surface area contributed by atoms with Crippen molar-refractivity contribution in [2.75, 3.05) is 21.3 Å². The number of oxazole rings is 1. The van der Waals surface area contributed by atoms with Crippen molar-refractivity contribution >= 4 is 11.6 Å². The molecule has 0 saturated heterocycles. The molecule has 0 atom stereocenters. The number of hydrogen-bond donors (Lipinski definition) is 0. The van der Waals surface area contributed by atoms with Crippen molar-refractivity contribution < 1.29 is 23.0 Å². The van der Waals surface area contributed by atoms with E-state index in [1.807, 2.05) is 0 Å².